The van der Waals surface area contributed by atoms with Gasteiger partial charge in [-0.05, 0) is 38.3 Å². The van der Waals surface area contributed by atoms with E-state index >= 15 is 0 Å². The Morgan fingerprint density at radius 3 is 2.55 bits per heavy atom. The van der Waals surface area contributed by atoms with Crippen LogP contribution in [0.25, 0.3) is 0 Å². The summed E-state index contributed by atoms with van der Waals surface area (Å²) in [5, 5.41) is 0. The second-order valence-corrected chi connectivity index (χ2v) is 8.26. The van der Waals surface area contributed by atoms with Crippen molar-refractivity contribution < 1.29 is 8.42 Å². The quantitative estimate of drug-likeness (QED) is 0.830. The highest BCUT2D eigenvalue weighted by molar-refractivity contribution is 7.89. The first-order chi connectivity index (χ1) is 10.6. The molecule has 1 aromatic rings. The molecule has 0 N–H and O–H groups in total. The molecule has 22 heavy (non-hydrogen) atoms. The van der Waals surface area contributed by atoms with E-state index in [0.29, 0.717) is 11.4 Å². The van der Waals surface area contributed by atoms with E-state index in [2.05, 4.69) is 12.5 Å². The molecule has 0 aromatic heterocycles. The average molecular weight is 318 g/mol. The van der Waals surface area contributed by atoms with Gasteiger partial charge in [-0.25, -0.2) is 8.42 Å². The van der Waals surface area contributed by atoms with Crippen LogP contribution >= 0.6 is 0 Å². The van der Waals surface area contributed by atoms with E-state index in [9.17, 15) is 8.42 Å². The number of hydrogen-bond acceptors (Lipinski definition) is 2. The molecule has 0 saturated carbocycles. The monoisotopic (exact) mass is 318 g/mol. The standard InChI is InChI=1S/C18H24NO2S/c1-15-9-11-18(12-10-15)22(20,21)19-14-16-7-5-3-2-4-6-8-17(19)13-16/h7,9-13,17H,2-6,8,14H2,1H3. The van der Waals surface area contributed by atoms with Gasteiger partial charge in [0.1, 0.15) is 0 Å². The van der Waals surface area contributed by atoms with Crippen molar-refractivity contribution in [2.24, 2.45) is 0 Å². The lowest BCUT2D eigenvalue weighted by atomic mass is 10.0. The molecule has 119 valence electrons. The molecular formula is C18H24NO2S. The minimum atomic E-state index is -3.40. The largest absolute Gasteiger partial charge is 0.243 e. The summed E-state index contributed by atoms with van der Waals surface area (Å²) in [5.41, 5.74) is 2.26. The van der Waals surface area contributed by atoms with Gasteiger partial charge in [-0.1, -0.05) is 55.0 Å². The Morgan fingerprint density at radius 2 is 1.77 bits per heavy atom. The fourth-order valence-electron chi connectivity index (χ4n) is 3.29. The SMILES string of the molecule is Cc1ccc(S(=O)(=O)N2CC3=CC2CCCCCC[CH]3)cc1. The highest BCUT2D eigenvalue weighted by Crippen LogP contribution is 2.31. The predicted octanol–water partition coefficient (Wildman–Crippen LogP) is 3.85. The molecule has 1 atom stereocenters. The number of hydrogen-bond donors (Lipinski definition) is 0. The van der Waals surface area contributed by atoms with Gasteiger partial charge < -0.3 is 0 Å². The molecule has 3 nitrogen and oxygen atoms in total. The van der Waals surface area contributed by atoms with Crippen molar-refractivity contribution in [1.29, 1.82) is 0 Å². The second-order valence-electron chi connectivity index (χ2n) is 6.37. The summed E-state index contributed by atoms with van der Waals surface area (Å²) in [6.07, 6.45) is 11.2. The van der Waals surface area contributed by atoms with Gasteiger partial charge in [0.2, 0.25) is 10.0 Å². The van der Waals surface area contributed by atoms with Crippen molar-refractivity contribution in [3.05, 3.63) is 47.9 Å². The summed E-state index contributed by atoms with van der Waals surface area (Å²) in [6, 6.07) is 7.21. The summed E-state index contributed by atoms with van der Waals surface area (Å²) >= 11 is 0. The van der Waals surface area contributed by atoms with E-state index in [4.69, 9.17) is 0 Å². The lowest BCUT2D eigenvalue weighted by molar-refractivity contribution is 0.383. The summed E-state index contributed by atoms with van der Waals surface area (Å²) in [7, 11) is -3.40. The van der Waals surface area contributed by atoms with E-state index in [-0.39, 0.29) is 6.04 Å². The van der Waals surface area contributed by atoms with E-state index < -0.39 is 10.0 Å². The molecule has 0 amide bonds. The van der Waals surface area contributed by atoms with E-state index in [1.54, 1.807) is 16.4 Å². The molecule has 4 heteroatoms. The van der Waals surface area contributed by atoms with Gasteiger partial charge in [0.25, 0.3) is 0 Å². The Bertz CT molecular complexity index is 646. The van der Waals surface area contributed by atoms with E-state index in [1.165, 1.54) is 24.8 Å². The van der Waals surface area contributed by atoms with Crippen LogP contribution in [0.3, 0.4) is 0 Å². The van der Waals surface area contributed by atoms with Crippen molar-refractivity contribution in [3.8, 4) is 0 Å². The first-order valence-corrected chi connectivity index (χ1v) is 9.64. The highest BCUT2D eigenvalue weighted by atomic mass is 32.2. The van der Waals surface area contributed by atoms with Crippen LogP contribution < -0.4 is 0 Å². The lowest BCUT2D eigenvalue weighted by Crippen LogP contribution is -2.36. The topological polar surface area (TPSA) is 37.4 Å². The van der Waals surface area contributed by atoms with Gasteiger partial charge in [0.15, 0.2) is 0 Å². The number of rotatable bonds is 2. The third-order valence-corrected chi connectivity index (χ3v) is 6.49. The van der Waals surface area contributed by atoms with Crippen LogP contribution in [0, 0.1) is 13.3 Å². The first kappa shape index (κ1) is 15.8. The highest BCUT2D eigenvalue weighted by Gasteiger charge is 2.35. The number of aryl methyl sites for hydroxylation is 1. The molecule has 2 aliphatic rings. The molecule has 1 radical (unpaired) electrons. The van der Waals surface area contributed by atoms with Crippen LogP contribution in [0.2, 0.25) is 0 Å². The number of benzene rings is 1. The van der Waals surface area contributed by atoms with E-state index in [1.807, 2.05) is 19.1 Å². The van der Waals surface area contributed by atoms with Crippen molar-refractivity contribution in [3.63, 3.8) is 0 Å². The van der Waals surface area contributed by atoms with Crippen molar-refractivity contribution in [2.45, 2.75) is 56.4 Å². The van der Waals surface area contributed by atoms with Crippen LogP contribution in [-0.4, -0.2) is 25.3 Å². The fourth-order valence-corrected chi connectivity index (χ4v) is 4.88. The molecule has 0 saturated heterocycles. The van der Waals surface area contributed by atoms with Crippen molar-refractivity contribution in [2.75, 3.05) is 6.54 Å². The Hall–Kier alpha value is -1.13. The summed E-state index contributed by atoms with van der Waals surface area (Å²) in [5.74, 6) is 0. The first-order valence-electron chi connectivity index (χ1n) is 8.20. The third-order valence-electron chi connectivity index (χ3n) is 4.60. The smallest absolute Gasteiger partial charge is 0.207 e. The number of sulfonamides is 1. The second kappa shape index (κ2) is 6.55. The number of nitrogens with zero attached hydrogens (tertiary/aromatic N) is 1. The van der Waals surface area contributed by atoms with Gasteiger partial charge in [0.05, 0.1) is 4.90 Å². The van der Waals surface area contributed by atoms with Gasteiger partial charge in [-0.15, -0.1) is 0 Å². The van der Waals surface area contributed by atoms with Gasteiger partial charge in [-0.2, -0.15) is 4.31 Å². The van der Waals surface area contributed by atoms with Crippen LogP contribution in [0.4, 0.5) is 0 Å². The molecule has 2 bridgehead atoms. The zero-order valence-electron chi connectivity index (χ0n) is 13.2. The minimum absolute atomic E-state index is 0.0238. The van der Waals surface area contributed by atoms with E-state index in [0.717, 1.165) is 24.8 Å². The van der Waals surface area contributed by atoms with Crippen LogP contribution in [-0.2, 0) is 10.0 Å². The Balaban J connectivity index is 1.85. The molecular weight excluding hydrogens is 294 g/mol. The zero-order valence-corrected chi connectivity index (χ0v) is 14.0. The zero-order chi connectivity index (χ0) is 15.6. The summed E-state index contributed by atoms with van der Waals surface area (Å²) in [4.78, 5) is 0.410. The normalized spacial score (nSPS) is 24.0. The molecule has 0 spiro atoms. The summed E-state index contributed by atoms with van der Waals surface area (Å²) < 4.78 is 27.6. The number of fused-ring (bicyclic) bond motifs is 1. The Kier molecular flexibility index (Phi) is 4.69. The Labute approximate surface area is 134 Å². The van der Waals surface area contributed by atoms with Gasteiger partial charge in [-0.3, -0.25) is 0 Å². The third kappa shape index (κ3) is 3.28. The maximum Gasteiger partial charge on any atom is 0.243 e. The van der Waals surface area contributed by atoms with Crippen LogP contribution in [0.1, 0.15) is 44.1 Å². The predicted molar refractivity (Wildman–Crippen MR) is 88.9 cm³/mol. The lowest BCUT2D eigenvalue weighted by Gasteiger charge is -2.24. The molecule has 0 fully saturated rings. The van der Waals surface area contributed by atoms with Gasteiger partial charge in [0, 0.05) is 12.6 Å². The molecule has 1 unspecified atom stereocenters. The molecule has 1 aliphatic heterocycles. The minimum Gasteiger partial charge on any atom is -0.207 e. The molecule has 3 rings (SSSR count). The molecule has 1 aliphatic carbocycles. The average Bonchev–Trinajstić information content (AvgIpc) is 2.90. The van der Waals surface area contributed by atoms with Crippen LogP contribution in [0.15, 0.2) is 40.8 Å². The van der Waals surface area contributed by atoms with Crippen molar-refractivity contribution >= 4 is 10.0 Å². The summed E-state index contributed by atoms with van der Waals surface area (Å²) in [6.45, 7) is 2.50. The van der Waals surface area contributed by atoms with Crippen molar-refractivity contribution in [1.82, 2.24) is 4.31 Å². The molecule has 1 heterocycles. The fraction of sp³-hybridized carbons (Fsp3) is 0.500. The maximum absolute atomic E-state index is 13.0. The van der Waals surface area contributed by atoms with Gasteiger partial charge >= 0.3 is 0 Å². The molecule has 1 aromatic carbocycles. The Morgan fingerprint density at radius 1 is 1.05 bits per heavy atom. The van der Waals surface area contributed by atoms with Crippen LogP contribution in [0.5, 0.6) is 0 Å². The maximum atomic E-state index is 13.0.